The first-order valence-corrected chi connectivity index (χ1v) is 7.17. The van der Waals surface area contributed by atoms with E-state index < -0.39 is 0 Å². The number of amides is 1. The lowest BCUT2D eigenvalue weighted by Crippen LogP contribution is -2.39. The molecule has 104 valence electrons. The van der Waals surface area contributed by atoms with Crippen LogP contribution in [0.5, 0.6) is 0 Å². The molecule has 0 saturated heterocycles. The topological polar surface area (TPSA) is 68.0 Å². The van der Waals surface area contributed by atoms with Gasteiger partial charge in [-0.15, -0.1) is 0 Å². The molecule has 5 heteroatoms. The number of carbonyl (C=O) groups is 1. The van der Waals surface area contributed by atoms with Crippen LogP contribution in [0.25, 0.3) is 0 Å². The van der Waals surface area contributed by atoms with Gasteiger partial charge >= 0.3 is 0 Å². The number of hydrogen-bond acceptors (Lipinski definition) is 3. The van der Waals surface area contributed by atoms with E-state index in [0.29, 0.717) is 22.3 Å². The second-order valence-corrected chi connectivity index (χ2v) is 5.66. The van der Waals surface area contributed by atoms with Crippen molar-refractivity contribution in [2.45, 2.75) is 45.1 Å². The summed E-state index contributed by atoms with van der Waals surface area (Å²) >= 11 is 5.98. The van der Waals surface area contributed by atoms with Gasteiger partial charge in [-0.05, 0) is 31.7 Å². The fraction of sp³-hybridized carbons (Fsp3) is 0.571. The molecule has 1 aromatic heterocycles. The zero-order valence-corrected chi connectivity index (χ0v) is 11.9. The number of hydrogen-bond donors (Lipinski definition) is 2. The Labute approximate surface area is 118 Å². The second-order valence-electron chi connectivity index (χ2n) is 5.25. The molecule has 0 aliphatic heterocycles. The Morgan fingerprint density at radius 1 is 1.47 bits per heavy atom. The van der Waals surface area contributed by atoms with E-state index in [9.17, 15) is 4.79 Å². The van der Waals surface area contributed by atoms with Gasteiger partial charge in [0.15, 0.2) is 0 Å². The van der Waals surface area contributed by atoms with Gasteiger partial charge in [0.05, 0.1) is 10.6 Å². The number of halogens is 1. The van der Waals surface area contributed by atoms with E-state index in [1.54, 1.807) is 0 Å². The van der Waals surface area contributed by atoms with Crippen LogP contribution in [0.3, 0.4) is 0 Å². The lowest BCUT2D eigenvalue weighted by atomic mass is 9.84. The Morgan fingerprint density at radius 2 is 2.16 bits per heavy atom. The van der Waals surface area contributed by atoms with Crippen LogP contribution in [-0.2, 0) is 0 Å². The first-order valence-electron chi connectivity index (χ1n) is 6.80. The highest BCUT2D eigenvalue weighted by atomic mass is 35.5. The Bertz CT molecular complexity index is 458. The third-order valence-corrected chi connectivity index (χ3v) is 4.14. The molecule has 1 unspecified atom stereocenters. The molecule has 0 bridgehead atoms. The van der Waals surface area contributed by atoms with E-state index in [1.165, 1.54) is 44.4 Å². The molecule has 1 amide bonds. The van der Waals surface area contributed by atoms with Crippen molar-refractivity contribution in [3.8, 4) is 0 Å². The molecule has 1 aliphatic carbocycles. The molecular formula is C14H20ClN3O. The largest absolute Gasteiger partial charge is 0.384 e. The van der Waals surface area contributed by atoms with Crippen molar-refractivity contribution in [2.75, 3.05) is 5.73 Å². The van der Waals surface area contributed by atoms with Crippen molar-refractivity contribution in [3.63, 3.8) is 0 Å². The van der Waals surface area contributed by atoms with E-state index in [1.807, 2.05) is 0 Å². The van der Waals surface area contributed by atoms with Crippen LogP contribution in [0.2, 0.25) is 5.02 Å². The Morgan fingerprint density at radius 3 is 2.84 bits per heavy atom. The normalized spacial score (nSPS) is 18.0. The SMILES string of the molecule is CC(NC(=O)c1cc(N)ncc1Cl)C1CCCCC1. The number of aromatic nitrogens is 1. The number of nitrogen functional groups attached to an aromatic ring is 1. The molecule has 2 rings (SSSR count). The Hall–Kier alpha value is -1.29. The van der Waals surface area contributed by atoms with Crippen molar-refractivity contribution >= 4 is 23.3 Å². The maximum absolute atomic E-state index is 12.2. The second kappa shape index (κ2) is 6.24. The summed E-state index contributed by atoms with van der Waals surface area (Å²) in [7, 11) is 0. The van der Waals surface area contributed by atoms with E-state index >= 15 is 0 Å². The van der Waals surface area contributed by atoms with Crippen LogP contribution in [0.15, 0.2) is 12.3 Å². The summed E-state index contributed by atoms with van der Waals surface area (Å²) in [5.41, 5.74) is 5.99. The van der Waals surface area contributed by atoms with Gasteiger partial charge in [0.25, 0.3) is 5.91 Å². The fourth-order valence-corrected chi connectivity index (χ4v) is 2.85. The average molecular weight is 282 g/mol. The number of anilines is 1. The fourth-order valence-electron chi connectivity index (χ4n) is 2.67. The van der Waals surface area contributed by atoms with Crippen LogP contribution in [-0.4, -0.2) is 16.9 Å². The van der Waals surface area contributed by atoms with Gasteiger partial charge in [0.1, 0.15) is 5.82 Å². The van der Waals surface area contributed by atoms with Crippen molar-refractivity contribution in [1.82, 2.24) is 10.3 Å². The molecule has 0 radical (unpaired) electrons. The molecule has 1 saturated carbocycles. The first kappa shape index (κ1) is 14.1. The molecule has 1 heterocycles. The van der Waals surface area contributed by atoms with Crippen LogP contribution >= 0.6 is 11.6 Å². The van der Waals surface area contributed by atoms with Gasteiger partial charge in [-0.3, -0.25) is 4.79 Å². The minimum absolute atomic E-state index is 0.165. The molecular weight excluding hydrogens is 262 g/mol. The third kappa shape index (κ3) is 3.60. The molecule has 3 N–H and O–H groups in total. The molecule has 1 atom stereocenters. The molecule has 1 aliphatic rings. The van der Waals surface area contributed by atoms with E-state index in [0.717, 1.165) is 0 Å². The molecule has 1 aromatic rings. The van der Waals surface area contributed by atoms with Gasteiger partial charge in [-0.2, -0.15) is 0 Å². The zero-order chi connectivity index (χ0) is 13.8. The highest BCUT2D eigenvalue weighted by molar-refractivity contribution is 6.33. The van der Waals surface area contributed by atoms with Crippen LogP contribution in [0, 0.1) is 5.92 Å². The predicted octanol–water partition coefficient (Wildman–Crippen LogP) is 3.02. The monoisotopic (exact) mass is 281 g/mol. The summed E-state index contributed by atoms with van der Waals surface area (Å²) in [4.78, 5) is 16.0. The summed E-state index contributed by atoms with van der Waals surface area (Å²) in [6, 6.07) is 1.68. The van der Waals surface area contributed by atoms with Crippen molar-refractivity contribution in [3.05, 3.63) is 22.8 Å². The van der Waals surface area contributed by atoms with Crippen LogP contribution in [0.1, 0.15) is 49.4 Å². The minimum Gasteiger partial charge on any atom is -0.384 e. The van der Waals surface area contributed by atoms with Crippen molar-refractivity contribution in [2.24, 2.45) is 5.92 Å². The molecule has 0 aromatic carbocycles. The maximum Gasteiger partial charge on any atom is 0.253 e. The average Bonchev–Trinajstić information content (AvgIpc) is 2.42. The Balaban J connectivity index is 2.01. The highest BCUT2D eigenvalue weighted by Gasteiger charge is 2.22. The third-order valence-electron chi connectivity index (χ3n) is 3.84. The quantitative estimate of drug-likeness (QED) is 0.895. The summed E-state index contributed by atoms with van der Waals surface area (Å²) in [6.45, 7) is 2.06. The molecule has 0 spiro atoms. The number of nitrogens with two attached hydrogens (primary N) is 1. The highest BCUT2D eigenvalue weighted by Crippen LogP contribution is 2.26. The van der Waals surface area contributed by atoms with E-state index in [-0.39, 0.29) is 11.9 Å². The number of pyridine rings is 1. The summed E-state index contributed by atoms with van der Waals surface area (Å²) < 4.78 is 0. The van der Waals surface area contributed by atoms with Gasteiger partial charge in [0.2, 0.25) is 0 Å². The molecule has 19 heavy (non-hydrogen) atoms. The van der Waals surface area contributed by atoms with Gasteiger partial charge < -0.3 is 11.1 Å². The number of rotatable bonds is 3. The summed E-state index contributed by atoms with van der Waals surface area (Å²) in [5.74, 6) is 0.702. The number of carbonyl (C=O) groups excluding carboxylic acids is 1. The van der Waals surface area contributed by atoms with Crippen LogP contribution < -0.4 is 11.1 Å². The van der Waals surface area contributed by atoms with Gasteiger partial charge in [-0.25, -0.2) is 4.98 Å². The molecule has 1 fully saturated rings. The van der Waals surface area contributed by atoms with Crippen LogP contribution in [0.4, 0.5) is 5.82 Å². The van der Waals surface area contributed by atoms with Gasteiger partial charge in [0, 0.05) is 12.2 Å². The minimum atomic E-state index is -0.169. The Kier molecular flexibility index (Phi) is 4.64. The summed E-state index contributed by atoms with van der Waals surface area (Å²) in [6.07, 6.45) is 7.62. The summed E-state index contributed by atoms with van der Waals surface area (Å²) in [5, 5.41) is 3.36. The smallest absolute Gasteiger partial charge is 0.253 e. The van der Waals surface area contributed by atoms with Crippen molar-refractivity contribution < 1.29 is 4.79 Å². The maximum atomic E-state index is 12.2. The standard InChI is InChI=1S/C14H20ClN3O/c1-9(10-5-3-2-4-6-10)18-14(19)11-7-13(16)17-8-12(11)15/h7-10H,2-6H2,1H3,(H2,16,17)(H,18,19). The first-order chi connectivity index (χ1) is 9.08. The molecule has 4 nitrogen and oxygen atoms in total. The van der Waals surface area contributed by atoms with Gasteiger partial charge in [-0.1, -0.05) is 30.9 Å². The van der Waals surface area contributed by atoms with E-state index in [2.05, 4.69) is 17.2 Å². The lowest BCUT2D eigenvalue weighted by Gasteiger charge is -2.28. The lowest BCUT2D eigenvalue weighted by molar-refractivity contribution is 0.0919. The number of nitrogens with zero attached hydrogens (tertiary/aromatic N) is 1. The number of nitrogens with one attached hydrogen (secondary N) is 1. The van der Waals surface area contributed by atoms with Crippen molar-refractivity contribution in [1.29, 1.82) is 0 Å². The predicted molar refractivity (Wildman–Crippen MR) is 77.2 cm³/mol. The zero-order valence-electron chi connectivity index (χ0n) is 11.2. The van der Waals surface area contributed by atoms with E-state index in [4.69, 9.17) is 17.3 Å².